The Kier molecular flexibility index (Phi) is 7.20. The molecule has 0 fully saturated rings. The van der Waals surface area contributed by atoms with Crippen molar-refractivity contribution in [1.29, 1.82) is 0 Å². The van der Waals surface area contributed by atoms with E-state index in [2.05, 4.69) is 34.5 Å². The number of nitrogens with zero attached hydrogens (tertiary/aromatic N) is 1. The van der Waals surface area contributed by atoms with Gasteiger partial charge in [0.05, 0.1) is 5.02 Å². The molecule has 1 unspecified atom stereocenters. The minimum absolute atomic E-state index is 0.0181. The van der Waals surface area contributed by atoms with E-state index in [1.54, 1.807) is 30.3 Å². The number of aliphatic hydroxyl groups is 1. The highest BCUT2D eigenvalue weighted by molar-refractivity contribution is 6.42. The summed E-state index contributed by atoms with van der Waals surface area (Å²) in [5.74, 6) is 0.140. The number of anilines is 1. The van der Waals surface area contributed by atoms with Gasteiger partial charge in [0.15, 0.2) is 0 Å². The van der Waals surface area contributed by atoms with Crippen molar-refractivity contribution in [3.8, 4) is 5.75 Å². The second kappa shape index (κ2) is 10.3. The highest BCUT2D eigenvalue weighted by atomic mass is 35.5. The molecule has 7 heteroatoms. The van der Waals surface area contributed by atoms with Crippen molar-refractivity contribution in [2.45, 2.75) is 19.1 Å². The topological polar surface area (TPSA) is 61.8 Å². The van der Waals surface area contributed by atoms with Crippen molar-refractivity contribution in [1.82, 2.24) is 5.32 Å². The van der Waals surface area contributed by atoms with Gasteiger partial charge < -0.3 is 20.1 Å². The van der Waals surface area contributed by atoms with Gasteiger partial charge in [-0.3, -0.25) is 4.79 Å². The molecule has 4 rings (SSSR count). The zero-order chi connectivity index (χ0) is 22.5. The van der Waals surface area contributed by atoms with Crippen LogP contribution < -0.4 is 15.0 Å². The first-order valence-corrected chi connectivity index (χ1v) is 11.2. The third-order valence-electron chi connectivity index (χ3n) is 5.47. The fourth-order valence-electron chi connectivity index (χ4n) is 3.69. The monoisotopic (exact) mass is 470 g/mol. The van der Waals surface area contributed by atoms with Crippen molar-refractivity contribution in [2.24, 2.45) is 0 Å². The molecule has 0 saturated heterocycles. The molecule has 0 radical (unpaired) electrons. The van der Waals surface area contributed by atoms with E-state index in [1.165, 1.54) is 11.1 Å². The molecular weight excluding hydrogens is 447 g/mol. The number of carbonyl (C=O) groups excluding carboxylic acids is 1. The number of amides is 1. The first-order chi connectivity index (χ1) is 15.5. The number of fused-ring (bicyclic) bond motifs is 1. The molecule has 0 aromatic heterocycles. The molecule has 1 aliphatic rings. The quantitative estimate of drug-likeness (QED) is 0.524. The van der Waals surface area contributed by atoms with Gasteiger partial charge in [0.25, 0.3) is 5.91 Å². The lowest BCUT2D eigenvalue weighted by Crippen LogP contribution is -2.35. The van der Waals surface area contributed by atoms with E-state index in [9.17, 15) is 9.90 Å². The summed E-state index contributed by atoms with van der Waals surface area (Å²) in [5, 5.41) is 13.5. The Morgan fingerprint density at radius 2 is 1.78 bits per heavy atom. The maximum Gasteiger partial charge on any atom is 0.251 e. The Labute approximate surface area is 197 Å². The Balaban J connectivity index is 1.27. The van der Waals surface area contributed by atoms with Gasteiger partial charge in [0, 0.05) is 30.9 Å². The minimum atomic E-state index is -0.887. The van der Waals surface area contributed by atoms with E-state index in [0.29, 0.717) is 21.4 Å². The summed E-state index contributed by atoms with van der Waals surface area (Å²) in [4.78, 5) is 14.8. The Morgan fingerprint density at radius 3 is 2.56 bits per heavy atom. The van der Waals surface area contributed by atoms with Gasteiger partial charge in [-0.1, -0.05) is 53.5 Å². The third kappa shape index (κ3) is 5.36. The smallest absolute Gasteiger partial charge is 0.251 e. The number of nitrogens with one attached hydrogen (secondary N) is 1. The van der Waals surface area contributed by atoms with Crippen molar-refractivity contribution in [3.63, 3.8) is 0 Å². The summed E-state index contributed by atoms with van der Waals surface area (Å²) in [6, 6.07) is 21.1. The van der Waals surface area contributed by atoms with Crippen LogP contribution in [0.1, 0.15) is 21.5 Å². The summed E-state index contributed by atoms with van der Waals surface area (Å²) in [6.45, 7) is 1.85. The minimum Gasteiger partial charge on any atom is -0.489 e. The fraction of sp³-hybridized carbons (Fsp3) is 0.240. The molecule has 1 atom stereocenters. The van der Waals surface area contributed by atoms with Crippen LogP contribution in [-0.2, 0) is 13.0 Å². The van der Waals surface area contributed by atoms with E-state index >= 15 is 0 Å². The van der Waals surface area contributed by atoms with Gasteiger partial charge in [0.1, 0.15) is 23.5 Å². The summed E-state index contributed by atoms with van der Waals surface area (Å²) < 4.78 is 5.50. The highest BCUT2D eigenvalue weighted by Gasteiger charge is 2.17. The van der Waals surface area contributed by atoms with E-state index in [1.807, 2.05) is 12.1 Å². The molecule has 2 N–H and O–H groups in total. The summed E-state index contributed by atoms with van der Waals surface area (Å²) in [5.41, 5.74) is 4.37. The van der Waals surface area contributed by atoms with Crippen LogP contribution in [0, 0.1) is 0 Å². The number of benzene rings is 3. The van der Waals surface area contributed by atoms with Gasteiger partial charge in [-0.2, -0.15) is 0 Å². The first kappa shape index (κ1) is 22.5. The lowest BCUT2D eigenvalue weighted by molar-refractivity contribution is 0.0844. The van der Waals surface area contributed by atoms with Crippen molar-refractivity contribution < 1.29 is 14.6 Å². The summed E-state index contributed by atoms with van der Waals surface area (Å²) >= 11 is 12.0. The first-order valence-electron chi connectivity index (χ1n) is 10.5. The summed E-state index contributed by atoms with van der Waals surface area (Å²) in [6.07, 6.45) is 0.125. The number of carbonyl (C=O) groups is 1. The second-order valence-corrected chi connectivity index (χ2v) is 8.50. The lowest BCUT2D eigenvalue weighted by atomic mass is 9.99. The number of halogens is 2. The van der Waals surface area contributed by atoms with Gasteiger partial charge >= 0.3 is 0 Å². The molecule has 1 heterocycles. The van der Waals surface area contributed by atoms with E-state index in [0.717, 1.165) is 25.2 Å². The maximum atomic E-state index is 12.5. The van der Waals surface area contributed by atoms with Crippen LogP contribution in [0.15, 0.2) is 66.7 Å². The van der Waals surface area contributed by atoms with Gasteiger partial charge in [-0.25, -0.2) is 0 Å². The molecule has 1 amide bonds. The zero-order valence-corrected chi connectivity index (χ0v) is 18.9. The van der Waals surface area contributed by atoms with Crippen LogP contribution in [0.3, 0.4) is 0 Å². The van der Waals surface area contributed by atoms with E-state index < -0.39 is 6.10 Å². The number of aliphatic hydroxyl groups excluding tert-OH is 1. The standard InChI is InChI=1S/C25H24Cl2N2O3/c26-22-6-3-7-23(24(22)27)32-16-21(30)14-28-25(31)18-8-10-20(11-9-18)29-13-12-17-4-1-2-5-19(17)15-29/h1-11,21,30H,12-16H2,(H,28,31). The molecule has 0 saturated carbocycles. The molecule has 0 spiro atoms. The van der Waals surface area contributed by atoms with Gasteiger partial charge in [-0.05, 0) is 53.9 Å². The molecule has 166 valence electrons. The average molecular weight is 471 g/mol. The van der Waals surface area contributed by atoms with Crippen molar-refractivity contribution in [2.75, 3.05) is 24.6 Å². The number of ether oxygens (including phenoxy) is 1. The molecule has 3 aromatic rings. The van der Waals surface area contributed by atoms with Crippen LogP contribution in [0.2, 0.25) is 10.0 Å². The predicted octanol–water partition coefficient (Wildman–Crippen LogP) is 4.73. The molecular formula is C25H24Cl2N2O3. The Hall–Kier alpha value is -2.73. The van der Waals surface area contributed by atoms with Crippen LogP contribution in [0.25, 0.3) is 0 Å². The fourth-order valence-corrected chi connectivity index (χ4v) is 4.04. The Morgan fingerprint density at radius 1 is 1.03 bits per heavy atom. The van der Waals surface area contributed by atoms with Crippen molar-refractivity contribution >= 4 is 34.8 Å². The van der Waals surface area contributed by atoms with Gasteiger partial charge in [-0.15, -0.1) is 0 Å². The average Bonchev–Trinajstić information content (AvgIpc) is 2.83. The lowest BCUT2D eigenvalue weighted by Gasteiger charge is -2.30. The summed E-state index contributed by atoms with van der Waals surface area (Å²) in [7, 11) is 0. The van der Waals surface area contributed by atoms with Crippen LogP contribution >= 0.6 is 23.2 Å². The number of rotatable bonds is 7. The zero-order valence-electron chi connectivity index (χ0n) is 17.4. The maximum absolute atomic E-state index is 12.5. The van der Waals surface area contributed by atoms with E-state index in [-0.39, 0.29) is 19.1 Å². The molecule has 5 nitrogen and oxygen atoms in total. The molecule has 0 bridgehead atoms. The molecule has 1 aliphatic heterocycles. The SMILES string of the molecule is O=C(NCC(O)COc1cccc(Cl)c1Cl)c1ccc(N2CCc3ccccc3C2)cc1. The van der Waals surface area contributed by atoms with Gasteiger partial charge in [0.2, 0.25) is 0 Å². The molecule has 32 heavy (non-hydrogen) atoms. The largest absolute Gasteiger partial charge is 0.489 e. The Bertz CT molecular complexity index is 1090. The number of hydrogen-bond acceptors (Lipinski definition) is 4. The number of hydrogen-bond donors (Lipinski definition) is 2. The van der Waals surface area contributed by atoms with Crippen LogP contribution in [0.4, 0.5) is 5.69 Å². The predicted molar refractivity (Wildman–Crippen MR) is 128 cm³/mol. The van der Waals surface area contributed by atoms with Crippen LogP contribution in [0.5, 0.6) is 5.75 Å². The van der Waals surface area contributed by atoms with Crippen molar-refractivity contribution in [3.05, 3.63) is 93.5 Å². The highest BCUT2D eigenvalue weighted by Crippen LogP contribution is 2.31. The van der Waals surface area contributed by atoms with Crippen LogP contribution in [-0.4, -0.2) is 36.8 Å². The normalized spacial score (nSPS) is 13.9. The van der Waals surface area contributed by atoms with E-state index in [4.69, 9.17) is 27.9 Å². The molecule has 3 aromatic carbocycles. The second-order valence-electron chi connectivity index (χ2n) is 7.71. The third-order valence-corrected chi connectivity index (χ3v) is 6.27. The molecule has 0 aliphatic carbocycles.